The number of hydrogen-bond donors (Lipinski definition) is 2. The van der Waals surface area contributed by atoms with Crippen molar-refractivity contribution in [3.8, 4) is 0 Å². The predicted molar refractivity (Wildman–Crippen MR) is 44.3 cm³/mol. The van der Waals surface area contributed by atoms with Gasteiger partial charge in [-0.05, 0) is 0 Å². The minimum Gasteiger partial charge on any atom is -0.395 e. The molecule has 0 spiro atoms. The molecule has 0 heterocycles. The van der Waals surface area contributed by atoms with E-state index in [2.05, 4.69) is 0 Å². The first kappa shape index (κ1) is 10.2. The molecule has 0 bridgehead atoms. The highest BCUT2D eigenvalue weighted by atomic mass is 32.2. The minimum absolute atomic E-state index is 0.0694. The Hall–Kier alpha value is 0.230. The van der Waals surface area contributed by atoms with E-state index in [9.17, 15) is 0 Å². The van der Waals surface area contributed by atoms with Gasteiger partial charge in [0.2, 0.25) is 0 Å². The summed E-state index contributed by atoms with van der Waals surface area (Å²) in [5, 5.41) is 8.52. The third-order valence-corrected chi connectivity index (χ3v) is 2.12. The molecule has 0 rings (SSSR count). The lowest BCUT2D eigenvalue weighted by molar-refractivity contribution is 0.218. The molecule has 0 aliphatic heterocycles. The van der Waals surface area contributed by atoms with Gasteiger partial charge in [-0.25, -0.2) is 0 Å². The normalized spacial score (nSPS) is 13.5. The van der Waals surface area contributed by atoms with Crippen molar-refractivity contribution in [2.24, 2.45) is 5.73 Å². The van der Waals surface area contributed by atoms with Gasteiger partial charge in [-0.1, -0.05) is 0 Å². The maximum atomic E-state index is 8.52. The lowest BCUT2D eigenvalue weighted by atomic mass is 10.4. The summed E-state index contributed by atoms with van der Waals surface area (Å²) >= 11 is 1.70. The van der Waals surface area contributed by atoms with Crippen LogP contribution < -0.4 is 5.73 Å². The summed E-state index contributed by atoms with van der Waals surface area (Å²) in [5.74, 6) is 1.75. The SMILES string of the molecule is COCCSCC(N)CO. The van der Waals surface area contributed by atoms with Gasteiger partial charge in [0.1, 0.15) is 0 Å². The van der Waals surface area contributed by atoms with Crippen molar-refractivity contribution >= 4 is 11.8 Å². The maximum absolute atomic E-state index is 8.52. The number of aliphatic hydroxyl groups excluding tert-OH is 1. The van der Waals surface area contributed by atoms with E-state index in [-0.39, 0.29) is 12.6 Å². The smallest absolute Gasteiger partial charge is 0.0590 e. The van der Waals surface area contributed by atoms with Gasteiger partial charge in [-0.2, -0.15) is 11.8 Å². The second-order valence-electron chi connectivity index (χ2n) is 2.01. The van der Waals surface area contributed by atoms with E-state index in [4.69, 9.17) is 15.6 Å². The first-order valence-corrected chi connectivity index (χ1v) is 4.40. The zero-order chi connectivity index (χ0) is 7.82. The van der Waals surface area contributed by atoms with Gasteiger partial charge in [0, 0.05) is 24.7 Å². The Morgan fingerprint density at radius 1 is 1.70 bits per heavy atom. The molecule has 0 radical (unpaired) electrons. The first-order chi connectivity index (χ1) is 4.81. The van der Waals surface area contributed by atoms with Crippen molar-refractivity contribution in [1.29, 1.82) is 0 Å². The first-order valence-electron chi connectivity index (χ1n) is 3.24. The van der Waals surface area contributed by atoms with E-state index < -0.39 is 0 Å². The number of methoxy groups -OCH3 is 1. The molecule has 0 aliphatic rings. The van der Waals surface area contributed by atoms with Crippen LogP contribution in [0.5, 0.6) is 0 Å². The highest BCUT2D eigenvalue weighted by Crippen LogP contribution is 2.00. The summed E-state index contributed by atoms with van der Waals surface area (Å²) < 4.78 is 4.83. The van der Waals surface area contributed by atoms with Gasteiger partial charge < -0.3 is 15.6 Å². The average Bonchev–Trinajstić information content (AvgIpc) is 1.98. The highest BCUT2D eigenvalue weighted by Gasteiger charge is 1.98. The van der Waals surface area contributed by atoms with Gasteiger partial charge >= 0.3 is 0 Å². The van der Waals surface area contributed by atoms with Crippen LogP contribution >= 0.6 is 11.8 Å². The maximum Gasteiger partial charge on any atom is 0.0590 e. The molecule has 0 saturated carbocycles. The van der Waals surface area contributed by atoms with Gasteiger partial charge in [-0.15, -0.1) is 0 Å². The topological polar surface area (TPSA) is 55.5 Å². The van der Waals surface area contributed by atoms with Gasteiger partial charge in [-0.3, -0.25) is 0 Å². The Labute approximate surface area is 65.9 Å². The Morgan fingerprint density at radius 3 is 2.90 bits per heavy atom. The van der Waals surface area contributed by atoms with Crippen LogP contribution in [-0.2, 0) is 4.74 Å². The molecule has 3 nitrogen and oxygen atoms in total. The molecule has 0 aromatic carbocycles. The number of ether oxygens (including phenoxy) is 1. The van der Waals surface area contributed by atoms with Gasteiger partial charge in [0.25, 0.3) is 0 Å². The van der Waals surface area contributed by atoms with Crippen molar-refractivity contribution in [1.82, 2.24) is 0 Å². The molecule has 0 saturated heterocycles. The van der Waals surface area contributed by atoms with E-state index in [0.717, 1.165) is 18.1 Å². The van der Waals surface area contributed by atoms with Crippen molar-refractivity contribution in [3.63, 3.8) is 0 Å². The summed E-state index contributed by atoms with van der Waals surface area (Å²) in [4.78, 5) is 0. The molecule has 1 unspecified atom stereocenters. The molecule has 62 valence electrons. The largest absolute Gasteiger partial charge is 0.395 e. The standard InChI is InChI=1S/C6H15NO2S/c1-9-2-3-10-5-6(7)4-8/h6,8H,2-5,7H2,1H3. The Morgan fingerprint density at radius 2 is 2.40 bits per heavy atom. The Bertz CT molecular complexity index is 72.8. The number of thioether (sulfide) groups is 1. The molecule has 0 aliphatic carbocycles. The molecule has 0 amide bonds. The Balaban J connectivity index is 2.89. The van der Waals surface area contributed by atoms with Crippen LogP contribution in [0.4, 0.5) is 0 Å². The summed E-state index contributed by atoms with van der Waals surface area (Å²) in [7, 11) is 1.67. The second-order valence-corrected chi connectivity index (χ2v) is 3.16. The quantitative estimate of drug-likeness (QED) is 0.530. The highest BCUT2D eigenvalue weighted by molar-refractivity contribution is 7.99. The molecule has 0 aromatic rings. The fourth-order valence-electron chi connectivity index (χ4n) is 0.430. The summed E-state index contributed by atoms with van der Waals surface area (Å²) in [6, 6.07) is -0.0816. The monoisotopic (exact) mass is 165 g/mol. The van der Waals surface area contributed by atoms with E-state index in [0.29, 0.717) is 0 Å². The van der Waals surface area contributed by atoms with Crippen molar-refractivity contribution in [2.75, 3.05) is 31.8 Å². The van der Waals surface area contributed by atoms with Crippen LogP contribution in [0.25, 0.3) is 0 Å². The Kier molecular flexibility index (Phi) is 7.51. The zero-order valence-electron chi connectivity index (χ0n) is 6.25. The van der Waals surface area contributed by atoms with E-state index in [1.54, 1.807) is 18.9 Å². The number of nitrogens with two attached hydrogens (primary N) is 1. The number of hydrogen-bond acceptors (Lipinski definition) is 4. The molecule has 0 aromatic heterocycles. The molecule has 10 heavy (non-hydrogen) atoms. The second kappa shape index (κ2) is 7.34. The lowest BCUT2D eigenvalue weighted by Crippen LogP contribution is -2.27. The van der Waals surface area contributed by atoms with Crippen molar-refractivity contribution < 1.29 is 9.84 Å². The van der Waals surface area contributed by atoms with Crippen molar-refractivity contribution in [3.05, 3.63) is 0 Å². The van der Waals surface area contributed by atoms with Crippen molar-refractivity contribution in [2.45, 2.75) is 6.04 Å². The fraction of sp³-hybridized carbons (Fsp3) is 1.00. The van der Waals surface area contributed by atoms with Crippen LogP contribution in [-0.4, -0.2) is 43.0 Å². The molecule has 1 atom stereocenters. The molecule has 4 heteroatoms. The molecule has 0 fully saturated rings. The predicted octanol–water partition coefficient (Wildman–Crippen LogP) is -0.314. The third-order valence-electron chi connectivity index (χ3n) is 0.998. The van der Waals surface area contributed by atoms with Crippen LogP contribution in [0, 0.1) is 0 Å². The summed E-state index contributed by atoms with van der Waals surface area (Å²) in [6.45, 7) is 0.822. The van der Waals surface area contributed by atoms with Crippen LogP contribution in [0.2, 0.25) is 0 Å². The lowest BCUT2D eigenvalue weighted by Gasteiger charge is -2.05. The number of rotatable bonds is 6. The minimum atomic E-state index is -0.0816. The zero-order valence-corrected chi connectivity index (χ0v) is 7.06. The summed E-state index contributed by atoms with van der Waals surface area (Å²) in [5.41, 5.74) is 5.44. The van der Waals surface area contributed by atoms with Crippen LogP contribution in [0.15, 0.2) is 0 Å². The van der Waals surface area contributed by atoms with Crippen LogP contribution in [0.1, 0.15) is 0 Å². The summed E-state index contributed by atoms with van der Waals surface area (Å²) in [6.07, 6.45) is 0. The van der Waals surface area contributed by atoms with Crippen LogP contribution in [0.3, 0.4) is 0 Å². The molecular weight excluding hydrogens is 150 g/mol. The molecular formula is C6H15NO2S. The van der Waals surface area contributed by atoms with Gasteiger partial charge in [0.15, 0.2) is 0 Å². The third kappa shape index (κ3) is 6.35. The number of aliphatic hydroxyl groups is 1. The average molecular weight is 165 g/mol. The van der Waals surface area contributed by atoms with E-state index >= 15 is 0 Å². The van der Waals surface area contributed by atoms with E-state index in [1.165, 1.54) is 0 Å². The fourth-order valence-corrected chi connectivity index (χ4v) is 1.29. The van der Waals surface area contributed by atoms with E-state index in [1.807, 2.05) is 0 Å². The molecule has 3 N–H and O–H groups in total. The van der Waals surface area contributed by atoms with Gasteiger partial charge in [0.05, 0.1) is 13.2 Å².